The molecule has 134 valence electrons. The molecule has 2 N–H and O–H groups in total. The van der Waals surface area contributed by atoms with E-state index in [0.29, 0.717) is 29.6 Å². The third-order valence-electron chi connectivity index (χ3n) is 4.04. The van der Waals surface area contributed by atoms with E-state index < -0.39 is 0 Å². The summed E-state index contributed by atoms with van der Waals surface area (Å²) in [7, 11) is 0. The summed E-state index contributed by atoms with van der Waals surface area (Å²) < 4.78 is 5.44. The van der Waals surface area contributed by atoms with Crippen molar-refractivity contribution in [3.05, 3.63) is 40.8 Å². The van der Waals surface area contributed by atoms with E-state index in [2.05, 4.69) is 14.9 Å². The highest BCUT2D eigenvalue weighted by Gasteiger charge is 2.23. The molecule has 0 spiro atoms. The predicted molar refractivity (Wildman–Crippen MR) is 106 cm³/mol. The van der Waals surface area contributed by atoms with E-state index in [0.717, 1.165) is 34.4 Å². The molecular weight excluding hydrogens is 393 g/mol. The van der Waals surface area contributed by atoms with Gasteiger partial charge in [-0.25, -0.2) is 15.0 Å². The Morgan fingerprint density at radius 1 is 1.12 bits per heavy atom. The van der Waals surface area contributed by atoms with Crippen molar-refractivity contribution in [3.63, 3.8) is 0 Å². The number of morpholine rings is 1. The number of benzene rings is 1. The van der Waals surface area contributed by atoms with E-state index >= 15 is 0 Å². The Balaban J connectivity index is 1.87. The molecule has 0 radical (unpaired) electrons. The summed E-state index contributed by atoms with van der Waals surface area (Å²) in [5.74, 6) is 0. The summed E-state index contributed by atoms with van der Waals surface area (Å²) in [6, 6.07) is 7.35. The third kappa shape index (κ3) is 3.35. The number of anilines is 2. The summed E-state index contributed by atoms with van der Waals surface area (Å²) >= 11 is 14.0. The average Bonchev–Trinajstić information content (AvgIpc) is 3.10. The Labute approximate surface area is 164 Å². The Bertz CT molecular complexity index is 943. The molecule has 1 saturated heterocycles. The Hall–Kier alpha value is -1.93. The summed E-state index contributed by atoms with van der Waals surface area (Å²) in [5, 5.41) is 1.56. The van der Waals surface area contributed by atoms with E-state index in [4.69, 9.17) is 38.7 Å². The molecule has 1 fully saturated rings. The van der Waals surface area contributed by atoms with Gasteiger partial charge in [-0.05, 0) is 23.7 Å². The van der Waals surface area contributed by atoms with Crippen LogP contribution in [-0.2, 0) is 4.74 Å². The van der Waals surface area contributed by atoms with Crippen LogP contribution in [0.25, 0.3) is 21.8 Å². The lowest BCUT2D eigenvalue weighted by molar-refractivity contribution is 0.122. The molecule has 1 aliphatic heterocycles. The highest BCUT2D eigenvalue weighted by atomic mass is 35.5. The van der Waals surface area contributed by atoms with Crippen LogP contribution in [0.15, 0.2) is 30.5 Å². The fraction of sp³-hybridized carbons (Fsp3) is 0.235. The quantitative estimate of drug-likeness (QED) is 0.522. The largest absolute Gasteiger partial charge is 0.398 e. The molecule has 4 rings (SSSR count). The highest BCUT2D eigenvalue weighted by Crippen LogP contribution is 2.43. The Morgan fingerprint density at radius 3 is 2.69 bits per heavy atom. The molecular formula is C17H15Cl2N5OS. The second kappa shape index (κ2) is 7.36. The van der Waals surface area contributed by atoms with Gasteiger partial charge in [0.25, 0.3) is 0 Å². The molecule has 1 aliphatic rings. The van der Waals surface area contributed by atoms with Gasteiger partial charge in [0.1, 0.15) is 0 Å². The molecule has 2 aromatic heterocycles. The predicted octanol–water partition coefficient (Wildman–Crippen LogP) is 3.99. The van der Waals surface area contributed by atoms with Gasteiger partial charge >= 0.3 is 0 Å². The van der Waals surface area contributed by atoms with E-state index in [1.807, 2.05) is 18.2 Å². The van der Waals surface area contributed by atoms with Crippen LogP contribution in [0.1, 0.15) is 0 Å². The van der Waals surface area contributed by atoms with Crippen molar-refractivity contribution in [1.82, 2.24) is 15.0 Å². The standard InChI is InChI=1S/C17H15Cl2N5OS/c18-13-10(2-1-3-11(13)20)14-15(12-4-5-21-16(19)22-12)26-17(23-14)24-6-8-25-9-7-24/h1-5H,6-9,20H2. The molecule has 6 nitrogen and oxygen atoms in total. The zero-order valence-electron chi connectivity index (χ0n) is 13.7. The lowest BCUT2D eigenvalue weighted by Crippen LogP contribution is -2.36. The van der Waals surface area contributed by atoms with Crippen molar-refractivity contribution in [1.29, 1.82) is 0 Å². The second-order valence-corrected chi connectivity index (χ2v) is 7.39. The van der Waals surface area contributed by atoms with E-state index in [9.17, 15) is 0 Å². The van der Waals surface area contributed by atoms with Gasteiger partial charge in [-0.3, -0.25) is 0 Å². The molecule has 3 heterocycles. The smallest absolute Gasteiger partial charge is 0.222 e. The third-order valence-corrected chi connectivity index (χ3v) is 5.78. The van der Waals surface area contributed by atoms with Gasteiger partial charge in [0.05, 0.1) is 40.2 Å². The van der Waals surface area contributed by atoms with Crippen LogP contribution in [0.4, 0.5) is 10.8 Å². The minimum Gasteiger partial charge on any atom is -0.398 e. The van der Waals surface area contributed by atoms with E-state index in [1.165, 1.54) is 0 Å². The van der Waals surface area contributed by atoms with Crippen molar-refractivity contribution < 1.29 is 4.74 Å². The molecule has 0 bridgehead atoms. The van der Waals surface area contributed by atoms with Crippen LogP contribution in [0.3, 0.4) is 0 Å². The Morgan fingerprint density at radius 2 is 1.92 bits per heavy atom. The SMILES string of the molecule is Nc1cccc(-c2nc(N3CCOCC3)sc2-c2ccnc(Cl)n2)c1Cl. The molecule has 0 aliphatic carbocycles. The first-order valence-corrected chi connectivity index (χ1v) is 9.57. The van der Waals surface area contributed by atoms with Gasteiger partial charge in [-0.1, -0.05) is 35.1 Å². The van der Waals surface area contributed by atoms with Gasteiger partial charge in [-0.2, -0.15) is 0 Å². The molecule has 1 aromatic carbocycles. The highest BCUT2D eigenvalue weighted by molar-refractivity contribution is 7.19. The number of ether oxygens (including phenoxy) is 1. The van der Waals surface area contributed by atoms with Crippen molar-refractivity contribution in [3.8, 4) is 21.8 Å². The normalized spacial score (nSPS) is 14.6. The fourth-order valence-electron chi connectivity index (χ4n) is 2.75. The van der Waals surface area contributed by atoms with Crippen LogP contribution in [0, 0.1) is 0 Å². The van der Waals surface area contributed by atoms with Crippen molar-refractivity contribution >= 4 is 45.4 Å². The zero-order valence-corrected chi connectivity index (χ0v) is 16.0. The fourth-order valence-corrected chi connectivity index (χ4v) is 4.21. The maximum absolute atomic E-state index is 6.46. The molecule has 9 heteroatoms. The molecule has 26 heavy (non-hydrogen) atoms. The number of nitrogens with two attached hydrogens (primary N) is 1. The summed E-state index contributed by atoms with van der Waals surface area (Å²) in [6.45, 7) is 2.95. The second-order valence-electron chi connectivity index (χ2n) is 5.69. The number of thiazole rings is 1. The number of aromatic nitrogens is 3. The van der Waals surface area contributed by atoms with Crippen LogP contribution >= 0.6 is 34.5 Å². The Kier molecular flexibility index (Phi) is 4.95. The van der Waals surface area contributed by atoms with Gasteiger partial charge in [0, 0.05) is 24.8 Å². The van der Waals surface area contributed by atoms with E-state index in [-0.39, 0.29) is 5.28 Å². The molecule has 0 amide bonds. The van der Waals surface area contributed by atoms with Gasteiger partial charge in [0.15, 0.2) is 5.13 Å². The summed E-state index contributed by atoms with van der Waals surface area (Å²) in [6.07, 6.45) is 1.63. The van der Waals surface area contributed by atoms with Crippen LogP contribution in [-0.4, -0.2) is 41.3 Å². The number of rotatable bonds is 3. The topological polar surface area (TPSA) is 77.2 Å². The molecule has 0 saturated carbocycles. The summed E-state index contributed by atoms with van der Waals surface area (Å²) in [5.41, 5.74) is 8.72. The summed E-state index contributed by atoms with van der Waals surface area (Å²) in [4.78, 5) is 16.2. The van der Waals surface area contributed by atoms with Gasteiger partial charge in [0.2, 0.25) is 5.28 Å². The van der Waals surface area contributed by atoms with Crippen LogP contribution in [0.5, 0.6) is 0 Å². The lowest BCUT2D eigenvalue weighted by Gasteiger charge is -2.26. The minimum absolute atomic E-state index is 0.188. The van der Waals surface area contributed by atoms with Crippen molar-refractivity contribution in [2.45, 2.75) is 0 Å². The first-order valence-electron chi connectivity index (χ1n) is 8.00. The van der Waals surface area contributed by atoms with Gasteiger partial charge < -0.3 is 15.4 Å². The number of halogens is 2. The first kappa shape index (κ1) is 17.5. The minimum atomic E-state index is 0.188. The first-order chi connectivity index (χ1) is 12.6. The van der Waals surface area contributed by atoms with Gasteiger partial charge in [-0.15, -0.1) is 0 Å². The van der Waals surface area contributed by atoms with Crippen LogP contribution in [0.2, 0.25) is 10.3 Å². The maximum Gasteiger partial charge on any atom is 0.222 e. The average molecular weight is 408 g/mol. The number of nitrogen functional groups attached to an aromatic ring is 1. The molecule has 0 unspecified atom stereocenters. The number of hydrogen-bond acceptors (Lipinski definition) is 7. The van der Waals surface area contributed by atoms with Crippen molar-refractivity contribution in [2.24, 2.45) is 0 Å². The number of nitrogens with zero attached hydrogens (tertiary/aromatic N) is 4. The molecule has 3 aromatic rings. The zero-order chi connectivity index (χ0) is 18.1. The maximum atomic E-state index is 6.46. The van der Waals surface area contributed by atoms with Crippen molar-refractivity contribution in [2.75, 3.05) is 36.9 Å². The number of hydrogen-bond donors (Lipinski definition) is 1. The monoisotopic (exact) mass is 407 g/mol. The lowest BCUT2D eigenvalue weighted by atomic mass is 10.1. The molecule has 0 atom stereocenters. The van der Waals surface area contributed by atoms with Crippen LogP contribution < -0.4 is 10.6 Å². The van der Waals surface area contributed by atoms with E-state index in [1.54, 1.807) is 23.6 Å².